The van der Waals surface area contributed by atoms with Crippen LogP contribution in [0.1, 0.15) is 510 Å². The highest BCUT2D eigenvalue weighted by Crippen LogP contribution is 2.45. The largest absolute Gasteiger partial charge is 0.472 e. The molecule has 0 aromatic carbocycles. The maximum absolute atomic E-state index is 13.2. The number of carbonyl (C=O) groups is 4. The highest BCUT2D eigenvalue weighted by molar-refractivity contribution is 7.47. The molecule has 3 N–H and O–H groups in total. The zero-order chi connectivity index (χ0) is 81.8. The Morgan fingerprint density at radius 3 is 0.607 bits per heavy atom. The molecule has 0 aliphatic heterocycles. The van der Waals surface area contributed by atoms with E-state index >= 15 is 0 Å². The van der Waals surface area contributed by atoms with Crippen molar-refractivity contribution in [2.75, 3.05) is 39.6 Å². The summed E-state index contributed by atoms with van der Waals surface area (Å²) < 4.78 is 69.1. The molecule has 0 aromatic heterocycles. The number of aliphatic hydroxyl groups excluding tert-OH is 1. The zero-order valence-electron chi connectivity index (χ0n) is 73.8. The number of ether oxygens (including phenoxy) is 4. The number of phosphoric ester groups is 2. The average Bonchev–Trinajstić information content (AvgIpc) is 0.903. The van der Waals surface area contributed by atoms with E-state index in [4.69, 9.17) is 37.0 Å². The second-order valence-electron chi connectivity index (χ2n) is 33.9. The lowest BCUT2D eigenvalue weighted by Crippen LogP contribution is -2.30. The molecule has 0 saturated heterocycles. The first-order chi connectivity index (χ1) is 54.5. The highest BCUT2D eigenvalue weighted by Gasteiger charge is 2.31. The summed E-state index contributed by atoms with van der Waals surface area (Å²) in [7, 11) is -9.94. The molecule has 0 rings (SSSR count). The van der Waals surface area contributed by atoms with Gasteiger partial charge in [0, 0.05) is 25.7 Å². The average molecular weight is 1630 g/mol. The van der Waals surface area contributed by atoms with E-state index in [9.17, 15) is 43.2 Å². The van der Waals surface area contributed by atoms with Gasteiger partial charge in [0.15, 0.2) is 12.2 Å². The molecule has 0 aromatic rings. The minimum absolute atomic E-state index is 0.110. The number of rotatable bonds is 93. The van der Waals surface area contributed by atoms with E-state index in [0.717, 1.165) is 95.8 Å². The van der Waals surface area contributed by atoms with Crippen LogP contribution >= 0.6 is 15.6 Å². The van der Waals surface area contributed by atoms with Crippen LogP contribution in [0.25, 0.3) is 0 Å². The van der Waals surface area contributed by atoms with Crippen molar-refractivity contribution in [1.82, 2.24) is 0 Å². The maximum Gasteiger partial charge on any atom is 0.472 e. The van der Waals surface area contributed by atoms with Crippen molar-refractivity contribution in [2.45, 2.75) is 528 Å². The molecular formula is C93H182O17P2. The lowest BCUT2D eigenvalue weighted by Gasteiger charge is -2.21. The molecule has 0 radical (unpaired) electrons. The predicted molar refractivity (Wildman–Crippen MR) is 465 cm³/mol. The van der Waals surface area contributed by atoms with Gasteiger partial charge in [0.05, 0.1) is 26.4 Å². The van der Waals surface area contributed by atoms with Crippen molar-refractivity contribution in [3.8, 4) is 0 Å². The Bertz CT molecular complexity index is 2120. The molecular weight excluding hydrogens is 1450 g/mol. The molecule has 19 heteroatoms. The summed E-state index contributed by atoms with van der Waals surface area (Å²) in [5, 5.41) is 10.7. The number of unbranched alkanes of at least 4 members (excludes halogenated alkanes) is 65. The van der Waals surface area contributed by atoms with Gasteiger partial charge in [-0.1, -0.05) is 458 Å². The number of hydrogen-bond donors (Lipinski definition) is 3. The zero-order valence-corrected chi connectivity index (χ0v) is 75.6. The molecule has 0 spiro atoms. The molecule has 0 aliphatic rings. The molecule has 17 nitrogen and oxygen atoms in total. The van der Waals surface area contributed by atoms with E-state index in [1.807, 2.05) is 0 Å². The fourth-order valence-electron chi connectivity index (χ4n) is 14.7. The van der Waals surface area contributed by atoms with E-state index in [-0.39, 0.29) is 25.7 Å². The van der Waals surface area contributed by atoms with Crippen molar-refractivity contribution in [1.29, 1.82) is 0 Å². The number of aliphatic hydroxyl groups is 1. The molecule has 0 aliphatic carbocycles. The Hall–Kier alpha value is -1.94. The lowest BCUT2D eigenvalue weighted by molar-refractivity contribution is -0.161. The summed E-state index contributed by atoms with van der Waals surface area (Å²) in [6.45, 7) is 7.44. The first kappa shape index (κ1) is 110. The van der Waals surface area contributed by atoms with Gasteiger partial charge in [0.25, 0.3) is 0 Å². The van der Waals surface area contributed by atoms with Gasteiger partial charge in [-0.15, -0.1) is 0 Å². The van der Waals surface area contributed by atoms with Crippen LogP contribution in [-0.4, -0.2) is 96.7 Å². The highest BCUT2D eigenvalue weighted by atomic mass is 31.2. The van der Waals surface area contributed by atoms with E-state index in [1.165, 1.54) is 334 Å². The number of hydrogen-bond acceptors (Lipinski definition) is 15. The number of esters is 4. The lowest BCUT2D eigenvalue weighted by atomic mass is 10.0. The topological polar surface area (TPSA) is 237 Å². The fraction of sp³-hybridized carbons (Fsp3) is 0.957. The monoisotopic (exact) mass is 1630 g/mol. The first-order valence-corrected chi connectivity index (χ1v) is 51.1. The smallest absolute Gasteiger partial charge is 0.462 e. The molecule has 0 amide bonds. The molecule has 666 valence electrons. The molecule has 0 bridgehead atoms. The van der Waals surface area contributed by atoms with Crippen LogP contribution in [0.5, 0.6) is 0 Å². The van der Waals surface area contributed by atoms with Gasteiger partial charge in [0.2, 0.25) is 0 Å². The second-order valence-corrected chi connectivity index (χ2v) is 36.8. The van der Waals surface area contributed by atoms with Crippen LogP contribution in [0.15, 0.2) is 0 Å². The van der Waals surface area contributed by atoms with Gasteiger partial charge in [0.1, 0.15) is 19.3 Å². The third kappa shape index (κ3) is 85.9. The van der Waals surface area contributed by atoms with E-state index < -0.39 is 97.5 Å². The van der Waals surface area contributed by atoms with Gasteiger partial charge >= 0.3 is 39.5 Å². The van der Waals surface area contributed by atoms with Gasteiger partial charge in [-0.05, 0) is 31.6 Å². The van der Waals surface area contributed by atoms with Crippen molar-refractivity contribution >= 4 is 39.5 Å². The predicted octanol–water partition coefficient (Wildman–Crippen LogP) is 29.1. The number of phosphoric acid groups is 2. The molecule has 0 fully saturated rings. The Morgan fingerprint density at radius 2 is 0.411 bits per heavy atom. The minimum Gasteiger partial charge on any atom is -0.462 e. The Balaban J connectivity index is 5.22. The van der Waals surface area contributed by atoms with Gasteiger partial charge < -0.3 is 33.8 Å². The summed E-state index contributed by atoms with van der Waals surface area (Å²) in [4.78, 5) is 73.5. The van der Waals surface area contributed by atoms with Gasteiger partial charge in [-0.3, -0.25) is 37.3 Å². The van der Waals surface area contributed by atoms with Crippen molar-refractivity contribution < 1.29 is 80.2 Å². The Labute approximate surface area is 689 Å². The fourth-order valence-corrected chi connectivity index (χ4v) is 16.3. The number of carbonyl (C=O) groups excluding carboxylic acids is 4. The first-order valence-electron chi connectivity index (χ1n) is 48.1. The SMILES string of the molecule is CCCCCCCCCCCCCCCCCCCCCCC(=O)OC[C@H](COP(=O)(O)OC[C@@H](O)COP(=O)(O)OC[C@@H](COC(=O)CCCCCCCCCCCCC)OC(=O)CCCCCCCCCCCCCCCCCCCCCC)OC(=O)CCCCCCCCCCCCCCCCCCCCC(C)C. The van der Waals surface area contributed by atoms with Crippen molar-refractivity contribution in [3.63, 3.8) is 0 Å². The minimum atomic E-state index is -4.97. The summed E-state index contributed by atoms with van der Waals surface area (Å²) in [5.41, 5.74) is 0. The van der Waals surface area contributed by atoms with Crippen molar-refractivity contribution in [2.24, 2.45) is 5.92 Å². The molecule has 0 heterocycles. The third-order valence-corrected chi connectivity index (χ3v) is 23.9. The summed E-state index contributed by atoms with van der Waals surface area (Å²) in [6.07, 6.45) is 82.1. The van der Waals surface area contributed by atoms with E-state index in [0.29, 0.717) is 25.7 Å². The van der Waals surface area contributed by atoms with Crippen LogP contribution < -0.4 is 0 Å². The molecule has 112 heavy (non-hydrogen) atoms. The molecule has 0 saturated carbocycles. The van der Waals surface area contributed by atoms with E-state index in [2.05, 4.69) is 34.6 Å². The standard InChI is InChI=1S/C93H182O17P2/c1-6-9-12-15-18-21-24-26-28-30-32-34-39-43-47-52-57-62-67-72-77-91(96)104-83-89(110-93(98)79-74-69-64-59-54-49-45-41-37-36-38-42-46-51-55-60-65-70-75-86(4)5)85-108-112(101,102)106-81-87(94)80-105-111(99,100)107-84-88(82-103-90(95)76-71-66-61-56-50-23-20-17-14-11-8-3)109-92(97)78-73-68-63-58-53-48-44-40-35-33-31-29-27-25-22-19-16-13-10-7-2/h86-89,94H,6-85H2,1-5H3,(H,99,100)(H,101,102)/t87-,88+,89+/m0/s1. The van der Waals surface area contributed by atoms with Crippen LogP contribution in [0.3, 0.4) is 0 Å². The Morgan fingerprint density at radius 1 is 0.241 bits per heavy atom. The maximum atomic E-state index is 13.2. The van der Waals surface area contributed by atoms with Gasteiger partial charge in [-0.2, -0.15) is 0 Å². The summed E-state index contributed by atoms with van der Waals surface area (Å²) in [6, 6.07) is 0. The summed E-state index contributed by atoms with van der Waals surface area (Å²) >= 11 is 0. The third-order valence-electron chi connectivity index (χ3n) is 22.0. The van der Waals surface area contributed by atoms with Crippen LogP contribution in [-0.2, 0) is 65.4 Å². The Kier molecular flexibility index (Phi) is 84.0. The van der Waals surface area contributed by atoms with Crippen molar-refractivity contribution in [3.05, 3.63) is 0 Å². The molecule has 2 unspecified atom stereocenters. The second kappa shape index (κ2) is 85.5. The van der Waals surface area contributed by atoms with Crippen LogP contribution in [0.4, 0.5) is 0 Å². The summed E-state index contributed by atoms with van der Waals surface area (Å²) in [5.74, 6) is -1.27. The van der Waals surface area contributed by atoms with Crippen LogP contribution in [0.2, 0.25) is 0 Å². The normalized spacial score (nSPS) is 13.7. The van der Waals surface area contributed by atoms with Gasteiger partial charge in [-0.25, -0.2) is 9.13 Å². The quantitative estimate of drug-likeness (QED) is 0.0222. The molecule has 5 atom stereocenters. The van der Waals surface area contributed by atoms with E-state index in [1.54, 1.807) is 0 Å². The van der Waals surface area contributed by atoms with Crippen LogP contribution in [0, 0.1) is 5.92 Å².